The van der Waals surface area contributed by atoms with Crippen LogP contribution in [0.1, 0.15) is 57.9 Å². The zero-order valence-electron chi connectivity index (χ0n) is 13.6. The second kappa shape index (κ2) is 7.60. The number of hydrogen-bond donors (Lipinski definition) is 1. The van der Waals surface area contributed by atoms with E-state index in [1.165, 1.54) is 31.2 Å². The summed E-state index contributed by atoms with van der Waals surface area (Å²) in [6.07, 6.45) is 5.09. The normalized spacial score (nSPS) is 15.9. The fourth-order valence-electron chi connectivity index (χ4n) is 3.10. The Morgan fingerprint density at radius 2 is 1.86 bits per heavy atom. The third-order valence-electron chi connectivity index (χ3n) is 4.46. The van der Waals surface area contributed by atoms with Gasteiger partial charge in [-0.15, -0.1) is 0 Å². The molecule has 0 heterocycles. The molecule has 21 heavy (non-hydrogen) atoms. The van der Waals surface area contributed by atoms with Gasteiger partial charge in [0.2, 0.25) is 5.91 Å². The van der Waals surface area contributed by atoms with Crippen molar-refractivity contribution >= 4 is 11.6 Å². The number of carbonyl (C=O) groups is 1. The molecular weight excluding hydrogens is 260 g/mol. The van der Waals surface area contributed by atoms with Crippen molar-refractivity contribution in [2.24, 2.45) is 0 Å². The lowest BCUT2D eigenvalue weighted by atomic mass is 10.0. The number of likely N-dealkylation sites (N-methyl/N-ethyl adjacent to an activating group) is 1. The molecule has 116 valence electrons. The van der Waals surface area contributed by atoms with Crippen molar-refractivity contribution in [2.75, 3.05) is 18.4 Å². The second-order valence-corrected chi connectivity index (χ2v) is 6.33. The van der Waals surface area contributed by atoms with Gasteiger partial charge in [-0.2, -0.15) is 0 Å². The molecule has 0 spiro atoms. The van der Waals surface area contributed by atoms with E-state index in [0.717, 1.165) is 12.2 Å². The first-order valence-electron chi connectivity index (χ1n) is 8.24. The Morgan fingerprint density at radius 3 is 2.38 bits per heavy atom. The average Bonchev–Trinajstić information content (AvgIpc) is 2.99. The van der Waals surface area contributed by atoms with Crippen LogP contribution in [0.3, 0.4) is 0 Å². The van der Waals surface area contributed by atoms with Gasteiger partial charge in [0.05, 0.1) is 6.54 Å². The molecule has 1 fully saturated rings. The fourth-order valence-corrected chi connectivity index (χ4v) is 3.10. The number of nitrogens with one attached hydrogen (secondary N) is 1. The number of amides is 1. The van der Waals surface area contributed by atoms with Crippen molar-refractivity contribution in [3.05, 3.63) is 29.8 Å². The molecule has 0 radical (unpaired) electrons. The van der Waals surface area contributed by atoms with E-state index >= 15 is 0 Å². The molecule has 1 amide bonds. The minimum atomic E-state index is 0.0982. The summed E-state index contributed by atoms with van der Waals surface area (Å²) in [7, 11) is 0. The zero-order chi connectivity index (χ0) is 15.2. The summed E-state index contributed by atoms with van der Waals surface area (Å²) >= 11 is 0. The number of benzene rings is 1. The van der Waals surface area contributed by atoms with Gasteiger partial charge >= 0.3 is 0 Å². The topological polar surface area (TPSA) is 32.3 Å². The molecule has 0 unspecified atom stereocenters. The van der Waals surface area contributed by atoms with Crippen LogP contribution in [0.4, 0.5) is 5.69 Å². The summed E-state index contributed by atoms with van der Waals surface area (Å²) in [4.78, 5) is 14.5. The third-order valence-corrected chi connectivity index (χ3v) is 4.46. The Balaban J connectivity index is 1.88. The summed E-state index contributed by atoms with van der Waals surface area (Å²) in [6, 6.07) is 8.78. The van der Waals surface area contributed by atoms with E-state index in [1.54, 1.807) is 0 Å². The average molecular weight is 288 g/mol. The molecule has 2 rings (SSSR count). The monoisotopic (exact) mass is 288 g/mol. The summed E-state index contributed by atoms with van der Waals surface area (Å²) < 4.78 is 0. The quantitative estimate of drug-likeness (QED) is 0.857. The van der Waals surface area contributed by atoms with E-state index in [2.05, 4.69) is 43.1 Å². The summed E-state index contributed by atoms with van der Waals surface area (Å²) in [6.45, 7) is 7.95. The molecule has 3 heteroatoms. The Bertz CT molecular complexity index is 447. The number of carbonyl (C=O) groups excluding carboxylic acids is 1. The summed E-state index contributed by atoms with van der Waals surface area (Å²) in [5.74, 6) is 0.619. The van der Waals surface area contributed by atoms with Crippen LogP contribution >= 0.6 is 0 Å². The van der Waals surface area contributed by atoms with E-state index in [1.807, 2.05) is 12.1 Å². The van der Waals surface area contributed by atoms with Crippen molar-refractivity contribution in [2.45, 2.75) is 58.4 Å². The molecule has 3 nitrogen and oxygen atoms in total. The van der Waals surface area contributed by atoms with Crippen LogP contribution in [0.25, 0.3) is 0 Å². The van der Waals surface area contributed by atoms with E-state index in [9.17, 15) is 4.79 Å². The van der Waals surface area contributed by atoms with E-state index in [0.29, 0.717) is 18.5 Å². The van der Waals surface area contributed by atoms with Gasteiger partial charge in [0, 0.05) is 11.7 Å². The molecular formula is C18H28N2O. The Labute approximate surface area is 128 Å². The van der Waals surface area contributed by atoms with Crippen molar-refractivity contribution in [3.8, 4) is 0 Å². The van der Waals surface area contributed by atoms with E-state index < -0.39 is 0 Å². The van der Waals surface area contributed by atoms with Gasteiger partial charge in [-0.05, 0) is 43.0 Å². The van der Waals surface area contributed by atoms with Gasteiger partial charge in [0.15, 0.2) is 0 Å². The number of nitrogens with zero attached hydrogens (tertiary/aromatic N) is 1. The van der Waals surface area contributed by atoms with E-state index in [-0.39, 0.29) is 5.91 Å². The van der Waals surface area contributed by atoms with Crippen LogP contribution in [0.2, 0.25) is 0 Å². The van der Waals surface area contributed by atoms with Gasteiger partial charge in [-0.3, -0.25) is 9.69 Å². The van der Waals surface area contributed by atoms with Crippen molar-refractivity contribution in [3.63, 3.8) is 0 Å². The molecule has 1 saturated carbocycles. The molecule has 0 bridgehead atoms. The molecule has 0 atom stereocenters. The Hall–Kier alpha value is -1.35. The minimum absolute atomic E-state index is 0.0982. The second-order valence-electron chi connectivity index (χ2n) is 6.33. The zero-order valence-corrected chi connectivity index (χ0v) is 13.6. The first-order chi connectivity index (χ1) is 10.1. The number of rotatable bonds is 6. The Kier molecular flexibility index (Phi) is 5.80. The highest BCUT2D eigenvalue weighted by molar-refractivity contribution is 5.92. The Morgan fingerprint density at radius 1 is 1.24 bits per heavy atom. The van der Waals surface area contributed by atoms with Crippen molar-refractivity contribution < 1.29 is 4.79 Å². The SMILES string of the molecule is CCN(CC(=O)Nc1ccc(C(C)C)cc1)C1CCCC1. The van der Waals surface area contributed by atoms with Crippen molar-refractivity contribution in [1.29, 1.82) is 0 Å². The van der Waals surface area contributed by atoms with Crippen LogP contribution in [0.15, 0.2) is 24.3 Å². The molecule has 0 aliphatic heterocycles. The largest absolute Gasteiger partial charge is 0.325 e. The van der Waals surface area contributed by atoms with Crippen LogP contribution in [0.5, 0.6) is 0 Å². The van der Waals surface area contributed by atoms with E-state index in [4.69, 9.17) is 0 Å². The highest BCUT2D eigenvalue weighted by Gasteiger charge is 2.22. The first kappa shape index (κ1) is 16.0. The molecule has 1 aromatic rings. The summed E-state index contributed by atoms with van der Waals surface area (Å²) in [5, 5.41) is 3.02. The van der Waals surface area contributed by atoms with Gasteiger partial charge in [0.1, 0.15) is 0 Å². The van der Waals surface area contributed by atoms with Gasteiger partial charge in [-0.1, -0.05) is 45.7 Å². The minimum Gasteiger partial charge on any atom is -0.325 e. The molecule has 0 saturated heterocycles. The van der Waals surface area contributed by atoms with Crippen molar-refractivity contribution in [1.82, 2.24) is 4.90 Å². The predicted molar refractivity (Wildman–Crippen MR) is 88.7 cm³/mol. The molecule has 1 N–H and O–H groups in total. The highest BCUT2D eigenvalue weighted by atomic mass is 16.2. The van der Waals surface area contributed by atoms with Crippen LogP contribution in [0, 0.1) is 0 Å². The lowest BCUT2D eigenvalue weighted by Gasteiger charge is -2.26. The number of hydrogen-bond acceptors (Lipinski definition) is 2. The van der Waals surface area contributed by atoms with Gasteiger partial charge in [0.25, 0.3) is 0 Å². The third kappa shape index (κ3) is 4.57. The van der Waals surface area contributed by atoms with Gasteiger partial charge in [-0.25, -0.2) is 0 Å². The maximum absolute atomic E-state index is 12.2. The maximum Gasteiger partial charge on any atom is 0.238 e. The van der Waals surface area contributed by atoms with Crippen LogP contribution in [-0.4, -0.2) is 29.9 Å². The molecule has 0 aromatic heterocycles. The predicted octanol–water partition coefficient (Wildman–Crippen LogP) is 4.01. The molecule has 1 aliphatic rings. The molecule has 1 aliphatic carbocycles. The fraction of sp³-hybridized carbons (Fsp3) is 0.611. The standard InChI is InChI=1S/C18H28N2O/c1-4-20(17-7-5-6-8-17)13-18(21)19-16-11-9-15(10-12-16)14(2)3/h9-12,14,17H,4-8,13H2,1-3H3,(H,19,21). The van der Waals surface area contributed by atoms with Gasteiger partial charge < -0.3 is 5.32 Å². The molecule has 1 aromatic carbocycles. The van der Waals surface area contributed by atoms with Crippen LogP contribution in [-0.2, 0) is 4.79 Å². The number of anilines is 1. The maximum atomic E-state index is 12.2. The first-order valence-corrected chi connectivity index (χ1v) is 8.24. The summed E-state index contributed by atoms with van der Waals surface area (Å²) in [5.41, 5.74) is 2.20. The smallest absolute Gasteiger partial charge is 0.238 e. The lowest BCUT2D eigenvalue weighted by Crippen LogP contribution is -2.39. The highest BCUT2D eigenvalue weighted by Crippen LogP contribution is 2.23. The lowest BCUT2D eigenvalue weighted by molar-refractivity contribution is -0.117. The van der Waals surface area contributed by atoms with Crippen LogP contribution < -0.4 is 5.32 Å².